The van der Waals surface area contributed by atoms with Crippen molar-refractivity contribution >= 4 is 40.6 Å². The molecule has 1 aromatic heterocycles. The van der Waals surface area contributed by atoms with Crippen molar-refractivity contribution in [2.75, 3.05) is 13.2 Å². The lowest BCUT2D eigenvalue weighted by molar-refractivity contribution is -0.142. The van der Waals surface area contributed by atoms with E-state index in [0.717, 1.165) is 0 Å². The van der Waals surface area contributed by atoms with E-state index >= 15 is 0 Å². The first kappa shape index (κ1) is 17.2. The number of rotatable bonds is 7. The standard InChI is InChI=1S/C16H14ClNO4S/c17-13-3-1-11(2-4-13)14(19)9-22-15(20)5-7-18-16(21)12-6-8-23-10-12/h1-4,6,8,10H,5,7,9H2,(H,18,21). The molecule has 0 radical (unpaired) electrons. The predicted octanol–water partition coefficient (Wildman–Crippen LogP) is 2.95. The Morgan fingerprint density at radius 2 is 1.83 bits per heavy atom. The Bertz CT molecular complexity index is 683. The van der Waals surface area contributed by atoms with E-state index in [-0.39, 0.29) is 31.3 Å². The Hall–Kier alpha value is -2.18. The van der Waals surface area contributed by atoms with Gasteiger partial charge in [0.25, 0.3) is 5.91 Å². The number of benzene rings is 1. The van der Waals surface area contributed by atoms with Crippen LogP contribution in [0.4, 0.5) is 0 Å². The number of amides is 1. The number of Topliss-reactive ketones (excluding diaryl/α,β-unsaturated/α-hetero) is 1. The van der Waals surface area contributed by atoms with Crippen molar-refractivity contribution in [1.82, 2.24) is 5.32 Å². The predicted molar refractivity (Wildman–Crippen MR) is 88.0 cm³/mol. The third kappa shape index (κ3) is 5.50. The molecule has 1 aromatic carbocycles. The van der Waals surface area contributed by atoms with E-state index in [1.807, 2.05) is 0 Å². The summed E-state index contributed by atoms with van der Waals surface area (Å²) in [5, 5.41) is 6.65. The van der Waals surface area contributed by atoms with Crippen LogP contribution >= 0.6 is 22.9 Å². The van der Waals surface area contributed by atoms with E-state index in [4.69, 9.17) is 16.3 Å². The molecule has 0 aliphatic heterocycles. The second kappa shape index (κ2) is 8.45. The number of thiophene rings is 1. The van der Waals surface area contributed by atoms with Gasteiger partial charge in [-0.25, -0.2) is 0 Å². The van der Waals surface area contributed by atoms with Crippen LogP contribution in [0.5, 0.6) is 0 Å². The average molecular weight is 352 g/mol. The largest absolute Gasteiger partial charge is 0.457 e. The number of esters is 1. The first-order valence-electron chi connectivity index (χ1n) is 6.81. The van der Waals surface area contributed by atoms with Gasteiger partial charge < -0.3 is 10.1 Å². The van der Waals surface area contributed by atoms with Crippen molar-refractivity contribution in [3.63, 3.8) is 0 Å². The summed E-state index contributed by atoms with van der Waals surface area (Å²) in [7, 11) is 0. The van der Waals surface area contributed by atoms with Crippen molar-refractivity contribution in [3.05, 3.63) is 57.2 Å². The minimum absolute atomic E-state index is 0.00375. The maximum atomic E-state index is 11.8. The van der Waals surface area contributed by atoms with E-state index in [1.54, 1.807) is 41.1 Å². The van der Waals surface area contributed by atoms with Crippen LogP contribution in [-0.4, -0.2) is 30.8 Å². The molecule has 2 rings (SSSR count). The van der Waals surface area contributed by atoms with Gasteiger partial charge in [0.15, 0.2) is 12.4 Å². The fourth-order valence-electron chi connectivity index (χ4n) is 1.71. The van der Waals surface area contributed by atoms with Gasteiger partial charge in [-0.2, -0.15) is 11.3 Å². The Kier molecular flexibility index (Phi) is 6.31. The Labute approximate surface area is 142 Å². The summed E-state index contributed by atoms with van der Waals surface area (Å²) in [5.74, 6) is -1.09. The highest BCUT2D eigenvalue weighted by Crippen LogP contribution is 2.10. The lowest BCUT2D eigenvalue weighted by atomic mass is 10.1. The maximum absolute atomic E-state index is 11.8. The molecule has 2 aromatic rings. The lowest BCUT2D eigenvalue weighted by Crippen LogP contribution is -2.26. The minimum Gasteiger partial charge on any atom is -0.457 e. The van der Waals surface area contributed by atoms with E-state index in [9.17, 15) is 14.4 Å². The monoisotopic (exact) mass is 351 g/mol. The molecule has 0 aliphatic carbocycles. The van der Waals surface area contributed by atoms with Gasteiger partial charge in [0.1, 0.15) is 0 Å². The lowest BCUT2D eigenvalue weighted by Gasteiger charge is -2.05. The van der Waals surface area contributed by atoms with Crippen molar-refractivity contribution < 1.29 is 19.1 Å². The molecule has 0 aliphatic rings. The number of carbonyl (C=O) groups is 3. The summed E-state index contributed by atoms with van der Waals surface area (Å²) in [6, 6.07) is 8.02. The molecule has 120 valence electrons. The first-order valence-corrected chi connectivity index (χ1v) is 8.13. The van der Waals surface area contributed by atoms with Gasteiger partial charge in [0.2, 0.25) is 0 Å². The fraction of sp³-hybridized carbons (Fsp3) is 0.188. The van der Waals surface area contributed by atoms with Crippen molar-refractivity contribution in [2.45, 2.75) is 6.42 Å². The van der Waals surface area contributed by atoms with Gasteiger partial charge >= 0.3 is 5.97 Å². The number of hydrogen-bond acceptors (Lipinski definition) is 5. The zero-order chi connectivity index (χ0) is 16.7. The van der Waals surface area contributed by atoms with Crippen LogP contribution in [0.15, 0.2) is 41.1 Å². The quantitative estimate of drug-likeness (QED) is 0.615. The van der Waals surface area contributed by atoms with Gasteiger partial charge in [-0.05, 0) is 35.7 Å². The van der Waals surface area contributed by atoms with Gasteiger partial charge in [-0.15, -0.1) is 0 Å². The number of carbonyl (C=O) groups excluding carboxylic acids is 3. The number of ketones is 1. The zero-order valence-corrected chi connectivity index (χ0v) is 13.7. The Morgan fingerprint density at radius 1 is 1.09 bits per heavy atom. The Morgan fingerprint density at radius 3 is 2.48 bits per heavy atom. The number of halogens is 1. The molecular weight excluding hydrogens is 338 g/mol. The van der Waals surface area contributed by atoms with Gasteiger partial charge in [0.05, 0.1) is 6.42 Å². The first-order chi connectivity index (χ1) is 11.1. The van der Waals surface area contributed by atoms with Crippen molar-refractivity contribution in [2.24, 2.45) is 0 Å². The molecule has 0 spiro atoms. The van der Waals surface area contributed by atoms with Crippen LogP contribution in [-0.2, 0) is 9.53 Å². The van der Waals surface area contributed by atoms with E-state index in [2.05, 4.69) is 5.32 Å². The molecule has 5 nitrogen and oxygen atoms in total. The molecule has 23 heavy (non-hydrogen) atoms. The second-order valence-corrected chi connectivity index (χ2v) is 5.83. The van der Waals surface area contributed by atoms with Crippen LogP contribution in [0.3, 0.4) is 0 Å². The van der Waals surface area contributed by atoms with E-state index in [0.29, 0.717) is 16.1 Å². The van der Waals surface area contributed by atoms with E-state index < -0.39 is 5.97 Å². The van der Waals surface area contributed by atoms with Crippen LogP contribution in [0.25, 0.3) is 0 Å². The summed E-state index contributed by atoms with van der Waals surface area (Å²) in [6.45, 7) is -0.179. The average Bonchev–Trinajstić information content (AvgIpc) is 3.07. The Balaban J connectivity index is 1.68. The topological polar surface area (TPSA) is 72.5 Å². The van der Waals surface area contributed by atoms with E-state index in [1.165, 1.54) is 11.3 Å². The molecule has 1 amide bonds. The number of hydrogen-bond donors (Lipinski definition) is 1. The second-order valence-electron chi connectivity index (χ2n) is 4.61. The highest BCUT2D eigenvalue weighted by Gasteiger charge is 2.11. The summed E-state index contributed by atoms with van der Waals surface area (Å²) in [4.78, 5) is 35.0. The summed E-state index contributed by atoms with van der Waals surface area (Å²) < 4.78 is 4.89. The normalized spacial score (nSPS) is 10.1. The van der Waals surface area contributed by atoms with Crippen molar-refractivity contribution in [3.8, 4) is 0 Å². The summed E-state index contributed by atoms with van der Waals surface area (Å²) >= 11 is 7.15. The van der Waals surface area contributed by atoms with Crippen LogP contribution in [0.2, 0.25) is 5.02 Å². The molecule has 0 fully saturated rings. The molecule has 7 heteroatoms. The highest BCUT2D eigenvalue weighted by molar-refractivity contribution is 7.08. The summed E-state index contributed by atoms with van der Waals surface area (Å²) in [5.41, 5.74) is 0.981. The molecule has 0 saturated heterocycles. The van der Waals surface area contributed by atoms with Crippen LogP contribution in [0.1, 0.15) is 27.1 Å². The summed E-state index contributed by atoms with van der Waals surface area (Å²) in [6.07, 6.45) is 0.00375. The van der Waals surface area contributed by atoms with Gasteiger partial charge in [-0.3, -0.25) is 14.4 Å². The molecule has 0 saturated carbocycles. The number of nitrogens with one attached hydrogen (secondary N) is 1. The molecule has 1 N–H and O–H groups in total. The fourth-order valence-corrected chi connectivity index (χ4v) is 2.47. The SMILES string of the molecule is O=C(CCNC(=O)c1ccsc1)OCC(=O)c1ccc(Cl)cc1. The molecule has 0 atom stereocenters. The van der Waals surface area contributed by atoms with Gasteiger partial charge in [-0.1, -0.05) is 11.6 Å². The molecular formula is C16H14ClNO4S. The molecule has 0 bridgehead atoms. The van der Waals surface area contributed by atoms with Crippen molar-refractivity contribution in [1.29, 1.82) is 0 Å². The number of ether oxygens (including phenoxy) is 1. The highest BCUT2D eigenvalue weighted by atomic mass is 35.5. The minimum atomic E-state index is -0.544. The van der Waals surface area contributed by atoms with Crippen LogP contribution < -0.4 is 5.32 Å². The van der Waals surface area contributed by atoms with Crippen LogP contribution in [0, 0.1) is 0 Å². The van der Waals surface area contributed by atoms with Gasteiger partial charge in [0, 0.05) is 28.1 Å². The maximum Gasteiger partial charge on any atom is 0.308 e. The third-order valence-corrected chi connectivity index (χ3v) is 3.86. The smallest absolute Gasteiger partial charge is 0.308 e. The molecule has 1 heterocycles. The molecule has 0 unspecified atom stereocenters. The third-order valence-electron chi connectivity index (χ3n) is 2.93. The zero-order valence-electron chi connectivity index (χ0n) is 12.1.